The van der Waals surface area contributed by atoms with E-state index in [2.05, 4.69) is 17.0 Å². The summed E-state index contributed by atoms with van der Waals surface area (Å²) in [6, 6.07) is 13.3. The minimum atomic E-state index is -0.182. The Balaban J connectivity index is 1.67. The fraction of sp³-hybridized carbons (Fsp3) is 0.350. The Morgan fingerprint density at radius 3 is 2.52 bits per heavy atom. The van der Waals surface area contributed by atoms with E-state index in [1.807, 2.05) is 19.1 Å². The van der Waals surface area contributed by atoms with E-state index >= 15 is 0 Å². The summed E-state index contributed by atoms with van der Waals surface area (Å²) >= 11 is 0. The summed E-state index contributed by atoms with van der Waals surface area (Å²) in [4.78, 5) is 16.5. The SMILES string of the molecule is Cc1ccc(O)c(C(=O)N(C)Cc2ccc(N3CCOCC3)cc2)c1. The van der Waals surface area contributed by atoms with Gasteiger partial charge in [-0.05, 0) is 36.8 Å². The van der Waals surface area contributed by atoms with Gasteiger partial charge in [-0.3, -0.25) is 4.79 Å². The molecule has 0 unspecified atom stereocenters. The number of anilines is 1. The fourth-order valence-electron chi connectivity index (χ4n) is 3.01. The van der Waals surface area contributed by atoms with Gasteiger partial charge in [0.2, 0.25) is 0 Å². The number of phenolic OH excluding ortho intramolecular Hbond substituents is 1. The molecule has 5 nitrogen and oxygen atoms in total. The normalized spacial score (nSPS) is 14.4. The van der Waals surface area contributed by atoms with Crippen LogP contribution in [0.2, 0.25) is 0 Å². The Morgan fingerprint density at radius 2 is 1.84 bits per heavy atom. The van der Waals surface area contributed by atoms with Gasteiger partial charge in [-0.2, -0.15) is 0 Å². The first-order valence-corrected chi connectivity index (χ1v) is 8.51. The Morgan fingerprint density at radius 1 is 1.16 bits per heavy atom. The lowest BCUT2D eigenvalue weighted by Gasteiger charge is -2.29. The van der Waals surface area contributed by atoms with Crippen molar-refractivity contribution in [2.24, 2.45) is 0 Å². The number of phenols is 1. The highest BCUT2D eigenvalue weighted by molar-refractivity contribution is 5.96. The first kappa shape index (κ1) is 17.3. The van der Waals surface area contributed by atoms with Gasteiger partial charge in [0.05, 0.1) is 18.8 Å². The molecule has 0 bridgehead atoms. The monoisotopic (exact) mass is 340 g/mol. The molecule has 25 heavy (non-hydrogen) atoms. The molecule has 3 rings (SSSR count). The van der Waals surface area contributed by atoms with Gasteiger partial charge in [0.15, 0.2) is 0 Å². The molecule has 0 aliphatic carbocycles. The molecule has 0 aromatic heterocycles. The van der Waals surface area contributed by atoms with Gasteiger partial charge in [-0.1, -0.05) is 23.8 Å². The number of morpholine rings is 1. The molecule has 1 fully saturated rings. The number of aryl methyl sites for hydroxylation is 1. The highest BCUT2D eigenvalue weighted by Crippen LogP contribution is 2.21. The first-order chi connectivity index (χ1) is 12.0. The van der Waals surface area contributed by atoms with E-state index in [1.165, 1.54) is 5.69 Å². The Bertz CT molecular complexity index is 737. The van der Waals surface area contributed by atoms with Crippen molar-refractivity contribution in [3.63, 3.8) is 0 Å². The van der Waals surface area contributed by atoms with Gasteiger partial charge in [0, 0.05) is 32.4 Å². The van der Waals surface area contributed by atoms with E-state index in [0.29, 0.717) is 12.1 Å². The smallest absolute Gasteiger partial charge is 0.257 e. The van der Waals surface area contributed by atoms with Gasteiger partial charge in [-0.25, -0.2) is 0 Å². The summed E-state index contributed by atoms with van der Waals surface area (Å²) in [5.74, 6) is -0.163. The lowest BCUT2D eigenvalue weighted by Crippen LogP contribution is -2.36. The number of ether oxygens (including phenoxy) is 1. The van der Waals surface area contributed by atoms with Crippen LogP contribution in [0, 0.1) is 6.92 Å². The Hall–Kier alpha value is -2.53. The van der Waals surface area contributed by atoms with Crippen molar-refractivity contribution in [2.45, 2.75) is 13.5 Å². The number of aromatic hydroxyl groups is 1. The summed E-state index contributed by atoms with van der Waals surface area (Å²) in [6.45, 7) is 5.74. The molecule has 0 saturated carbocycles. The van der Waals surface area contributed by atoms with E-state index < -0.39 is 0 Å². The molecule has 2 aromatic rings. The van der Waals surface area contributed by atoms with Crippen LogP contribution < -0.4 is 4.90 Å². The summed E-state index contributed by atoms with van der Waals surface area (Å²) < 4.78 is 5.38. The first-order valence-electron chi connectivity index (χ1n) is 8.51. The minimum Gasteiger partial charge on any atom is -0.507 e. The maximum Gasteiger partial charge on any atom is 0.257 e. The van der Waals surface area contributed by atoms with Crippen molar-refractivity contribution in [1.29, 1.82) is 0 Å². The molecule has 2 aromatic carbocycles. The van der Waals surface area contributed by atoms with Crippen molar-refractivity contribution < 1.29 is 14.6 Å². The lowest BCUT2D eigenvalue weighted by molar-refractivity contribution is 0.0782. The number of amides is 1. The largest absolute Gasteiger partial charge is 0.507 e. The van der Waals surface area contributed by atoms with Gasteiger partial charge >= 0.3 is 0 Å². The molecular weight excluding hydrogens is 316 g/mol. The van der Waals surface area contributed by atoms with Gasteiger partial charge in [-0.15, -0.1) is 0 Å². The van der Waals surface area contributed by atoms with Crippen LogP contribution in [0.25, 0.3) is 0 Å². The minimum absolute atomic E-state index is 0.0186. The average Bonchev–Trinajstić information content (AvgIpc) is 2.64. The van der Waals surface area contributed by atoms with Crippen LogP contribution in [0.15, 0.2) is 42.5 Å². The third kappa shape index (κ3) is 4.12. The highest BCUT2D eigenvalue weighted by atomic mass is 16.5. The second kappa shape index (κ2) is 7.57. The highest BCUT2D eigenvalue weighted by Gasteiger charge is 2.17. The molecule has 1 aliphatic rings. The zero-order valence-corrected chi connectivity index (χ0v) is 14.7. The average molecular weight is 340 g/mol. The van der Waals surface area contributed by atoms with E-state index in [4.69, 9.17) is 4.74 Å². The number of nitrogens with zero attached hydrogens (tertiary/aromatic N) is 2. The fourth-order valence-corrected chi connectivity index (χ4v) is 3.01. The molecule has 0 radical (unpaired) electrons. The summed E-state index contributed by atoms with van der Waals surface area (Å²) in [5, 5.41) is 9.94. The molecule has 5 heteroatoms. The molecule has 1 amide bonds. The van der Waals surface area contributed by atoms with E-state index in [9.17, 15) is 9.90 Å². The molecule has 0 atom stereocenters. The van der Waals surface area contributed by atoms with Crippen LogP contribution in [-0.4, -0.2) is 49.3 Å². The topological polar surface area (TPSA) is 53.0 Å². The predicted octanol–water partition coefficient (Wildman–Crippen LogP) is 2.81. The molecule has 0 spiro atoms. The summed E-state index contributed by atoms with van der Waals surface area (Å²) in [6.07, 6.45) is 0. The van der Waals surface area contributed by atoms with Crippen LogP contribution in [0.4, 0.5) is 5.69 Å². The lowest BCUT2D eigenvalue weighted by atomic mass is 10.1. The number of carbonyl (C=O) groups excluding carboxylic acids is 1. The third-order valence-corrected chi connectivity index (χ3v) is 4.46. The van der Waals surface area contributed by atoms with Gasteiger partial charge in [0.25, 0.3) is 5.91 Å². The number of hydrogen-bond donors (Lipinski definition) is 1. The number of hydrogen-bond acceptors (Lipinski definition) is 4. The third-order valence-electron chi connectivity index (χ3n) is 4.46. The van der Waals surface area contributed by atoms with Gasteiger partial charge in [0.1, 0.15) is 5.75 Å². The number of benzene rings is 2. The van der Waals surface area contributed by atoms with Crippen molar-refractivity contribution in [3.05, 3.63) is 59.2 Å². The number of carbonyl (C=O) groups is 1. The van der Waals surface area contributed by atoms with Crippen LogP contribution >= 0.6 is 0 Å². The van der Waals surface area contributed by atoms with Crippen molar-refractivity contribution >= 4 is 11.6 Å². The summed E-state index contributed by atoms with van der Waals surface area (Å²) in [5.41, 5.74) is 3.52. The van der Waals surface area contributed by atoms with Crippen molar-refractivity contribution in [3.8, 4) is 5.75 Å². The number of rotatable bonds is 4. The Labute approximate surface area is 148 Å². The van der Waals surface area contributed by atoms with Crippen LogP contribution in [0.3, 0.4) is 0 Å². The molecule has 132 valence electrons. The van der Waals surface area contributed by atoms with E-state index in [1.54, 1.807) is 30.1 Å². The maximum atomic E-state index is 12.6. The second-order valence-electron chi connectivity index (χ2n) is 6.45. The summed E-state index contributed by atoms with van der Waals surface area (Å²) in [7, 11) is 1.75. The molecule has 1 aliphatic heterocycles. The molecule has 1 heterocycles. The molecule has 1 saturated heterocycles. The van der Waals surface area contributed by atoms with Gasteiger partial charge < -0.3 is 19.6 Å². The maximum absolute atomic E-state index is 12.6. The van der Waals surface area contributed by atoms with Crippen LogP contribution in [-0.2, 0) is 11.3 Å². The predicted molar refractivity (Wildman–Crippen MR) is 98.1 cm³/mol. The molecular formula is C20H24N2O3. The Kier molecular flexibility index (Phi) is 5.24. The van der Waals surface area contributed by atoms with E-state index in [-0.39, 0.29) is 11.7 Å². The standard InChI is InChI=1S/C20H24N2O3/c1-15-3-8-19(23)18(13-15)20(24)21(2)14-16-4-6-17(7-5-16)22-9-11-25-12-10-22/h3-8,13,23H,9-12,14H2,1-2H3. The van der Waals surface area contributed by atoms with Crippen molar-refractivity contribution in [2.75, 3.05) is 38.3 Å². The van der Waals surface area contributed by atoms with E-state index in [0.717, 1.165) is 37.4 Å². The van der Waals surface area contributed by atoms with Crippen LogP contribution in [0.1, 0.15) is 21.5 Å². The zero-order valence-electron chi connectivity index (χ0n) is 14.7. The molecule has 1 N–H and O–H groups in total. The zero-order chi connectivity index (χ0) is 17.8. The van der Waals surface area contributed by atoms with Crippen LogP contribution in [0.5, 0.6) is 5.75 Å². The van der Waals surface area contributed by atoms with Crippen molar-refractivity contribution in [1.82, 2.24) is 4.90 Å². The second-order valence-corrected chi connectivity index (χ2v) is 6.45. The quantitative estimate of drug-likeness (QED) is 0.930.